The van der Waals surface area contributed by atoms with Crippen LogP contribution in [0.3, 0.4) is 0 Å². The predicted octanol–water partition coefficient (Wildman–Crippen LogP) is 2.45. The Labute approximate surface area is 117 Å². The number of hydrogen-bond acceptors (Lipinski definition) is 4. The standard InChI is InChI=1S/C15H17NO4/c1-11-2-5-14(20-11)10-16-8-9-19-13-6-3-12(4-7-13)15(17)18/h2-7,16H,8-10H2,1H3,(H,17,18). The Morgan fingerprint density at radius 2 is 2.00 bits per heavy atom. The molecule has 0 aliphatic carbocycles. The summed E-state index contributed by atoms with van der Waals surface area (Å²) in [6.45, 7) is 3.76. The van der Waals surface area contributed by atoms with Crippen LogP contribution in [0.1, 0.15) is 21.9 Å². The highest BCUT2D eigenvalue weighted by Gasteiger charge is 2.02. The average Bonchev–Trinajstić information content (AvgIpc) is 2.84. The summed E-state index contributed by atoms with van der Waals surface area (Å²) in [5, 5.41) is 12.0. The Morgan fingerprint density at radius 3 is 2.60 bits per heavy atom. The first-order valence-corrected chi connectivity index (χ1v) is 6.37. The van der Waals surface area contributed by atoms with E-state index in [4.69, 9.17) is 14.3 Å². The van der Waals surface area contributed by atoms with E-state index in [-0.39, 0.29) is 5.56 Å². The molecule has 0 saturated carbocycles. The molecule has 0 aliphatic heterocycles. The molecule has 0 atom stereocenters. The molecule has 5 heteroatoms. The molecule has 0 aliphatic rings. The van der Waals surface area contributed by atoms with E-state index in [1.807, 2.05) is 19.1 Å². The summed E-state index contributed by atoms with van der Waals surface area (Å²) in [6.07, 6.45) is 0. The number of carboxylic acid groups (broad SMARTS) is 1. The van der Waals surface area contributed by atoms with Gasteiger partial charge in [0, 0.05) is 6.54 Å². The van der Waals surface area contributed by atoms with Crippen molar-refractivity contribution in [3.63, 3.8) is 0 Å². The molecule has 0 bridgehead atoms. The third-order valence-electron chi connectivity index (χ3n) is 2.74. The van der Waals surface area contributed by atoms with Crippen LogP contribution < -0.4 is 10.1 Å². The van der Waals surface area contributed by atoms with Gasteiger partial charge in [0.05, 0.1) is 12.1 Å². The number of rotatable bonds is 7. The average molecular weight is 275 g/mol. The zero-order chi connectivity index (χ0) is 14.4. The second-order valence-corrected chi connectivity index (χ2v) is 4.37. The van der Waals surface area contributed by atoms with Gasteiger partial charge in [-0.25, -0.2) is 4.79 Å². The highest BCUT2D eigenvalue weighted by Crippen LogP contribution is 2.11. The molecular formula is C15H17NO4. The molecule has 0 saturated heterocycles. The van der Waals surface area contributed by atoms with Gasteiger partial charge >= 0.3 is 5.97 Å². The third-order valence-corrected chi connectivity index (χ3v) is 2.74. The van der Waals surface area contributed by atoms with E-state index in [0.29, 0.717) is 25.4 Å². The second-order valence-electron chi connectivity index (χ2n) is 4.37. The monoisotopic (exact) mass is 275 g/mol. The van der Waals surface area contributed by atoms with Crippen molar-refractivity contribution in [1.82, 2.24) is 5.32 Å². The van der Waals surface area contributed by atoms with Crippen LogP contribution >= 0.6 is 0 Å². The molecule has 1 heterocycles. The van der Waals surface area contributed by atoms with Crippen molar-refractivity contribution in [3.05, 3.63) is 53.5 Å². The molecule has 0 unspecified atom stereocenters. The molecule has 20 heavy (non-hydrogen) atoms. The first-order chi connectivity index (χ1) is 9.65. The first-order valence-electron chi connectivity index (χ1n) is 6.37. The Hall–Kier alpha value is -2.27. The van der Waals surface area contributed by atoms with Crippen molar-refractivity contribution >= 4 is 5.97 Å². The van der Waals surface area contributed by atoms with Crippen molar-refractivity contribution in [1.29, 1.82) is 0 Å². The molecular weight excluding hydrogens is 258 g/mol. The predicted molar refractivity (Wildman–Crippen MR) is 74.0 cm³/mol. The highest BCUT2D eigenvalue weighted by molar-refractivity contribution is 5.87. The molecule has 2 N–H and O–H groups in total. The first kappa shape index (κ1) is 14.1. The van der Waals surface area contributed by atoms with Crippen molar-refractivity contribution in [2.75, 3.05) is 13.2 Å². The second kappa shape index (κ2) is 6.77. The minimum atomic E-state index is -0.938. The SMILES string of the molecule is Cc1ccc(CNCCOc2ccc(C(=O)O)cc2)o1. The summed E-state index contributed by atoms with van der Waals surface area (Å²) in [6, 6.07) is 10.2. The van der Waals surface area contributed by atoms with Crippen LogP contribution in [0.25, 0.3) is 0 Å². The molecule has 0 amide bonds. The van der Waals surface area contributed by atoms with E-state index in [2.05, 4.69) is 5.32 Å². The lowest BCUT2D eigenvalue weighted by molar-refractivity contribution is 0.0697. The number of furan rings is 1. The van der Waals surface area contributed by atoms with Crippen LogP contribution in [0.2, 0.25) is 0 Å². The van der Waals surface area contributed by atoms with Gasteiger partial charge in [-0.05, 0) is 43.3 Å². The van der Waals surface area contributed by atoms with Crippen LogP contribution in [0.4, 0.5) is 0 Å². The lowest BCUT2D eigenvalue weighted by Gasteiger charge is -2.07. The number of ether oxygens (including phenoxy) is 1. The summed E-state index contributed by atoms with van der Waals surface area (Å²) < 4.78 is 10.9. The fourth-order valence-electron chi connectivity index (χ4n) is 1.73. The highest BCUT2D eigenvalue weighted by atomic mass is 16.5. The van der Waals surface area contributed by atoms with Gasteiger partial charge in [-0.2, -0.15) is 0 Å². The van der Waals surface area contributed by atoms with Gasteiger partial charge < -0.3 is 19.6 Å². The van der Waals surface area contributed by atoms with Crippen LogP contribution in [0, 0.1) is 6.92 Å². The maximum atomic E-state index is 10.7. The maximum Gasteiger partial charge on any atom is 0.335 e. The Kier molecular flexibility index (Phi) is 4.79. The van der Waals surface area contributed by atoms with Crippen molar-refractivity contribution < 1.29 is 19.1 Å². The summed E-state index contributed by atoms with van der Waals surface area (Å²) >= 11 is 0. The number of nitrogens with one attached hydrogen (secondary N) is 1. The van der Waals surface area contributed by atoms with Crippen molar-refractivity contribution in [3.8, 4) is 5.75 Å². The van der Waals surface area contributed by atoms with Crippen LogP contribution in [-0.4, -0.2) is 24.2 Å². The van der Waals surface area contributed by atoms with Crippen LogP contribution in [0.15, 0.2) is 40.8 Å². The van der Waals surface area contributed by atoms with Gasteiger partial charge in [0.2, 0.25) is 0 Å². The molecule has 5 nitrogen and oxygen atoms in total. The maximum absolute atomic E-state index is 10.7. The number of hydrogen-bond donors (Lipinski definition) is 2. The van der Waals surface area contributed by atoms with E-state index < -0.39 is 5.97 Å². The third kappa shape index (κ3) is 4.13. The molecule has 2 aromatic rings. The molecule has 0 spiro atoms. The summed E-state index contributed by atoms with van der Waals surface area (Å²) in [5.41, 5.74) is 0.253. The number of carbonyl (C=O) groups is 1. The van der Waals surface area contributed by atoms with Crippen molar-refractivity contribution in [2.24, 2.45) is 0 Å². The van der Waals surface area contributed by atoms with Crippen LogP contribution in [-0.2, 0) is 6.54 Å². The Bertz CT molecular complexity index is 560. The number of benzene rings is 1. The lowest BCUT2D eigenvalue weighted by Crippen LogP contribution is -2.20. The van der Waals surface area contributed by atoms with E-state index in [0.717, 1.165) is 11.5 Å². The largest absolute Gasteiger partial charge is 0.492 e. The number of aromatic carboxylic acids is 1. The smallest absolute Gasteiger partial charge is 0.335 e. The van der Waals surface area contributed by atoms with E-state index >= 15 is 0 Å². The van der Waals surface area contributed by atoms with Gasteiger partial charge in [-0.3, -0.25) is 0 Å². The van der Waals surface area contributed by atoms with Gasteiger partial charge in [-0.15, -0.1) is 0 Å². The zero-order valence-electron chi connectivity index (χ0n) is 11.3. The normalized spacial score (nSPS) is 10.4. The van der Waals surface area contributed by atoms with E-state index in [9.17, 15) is 4.79 Å². The Balaban J connectivity index is 1.66. The fourth-order valence-corrected chi connectivity index (χ4v) is 1.73. The minimum Gasteiger partial charge on any atom is -0.492 e. The van der Waals surface area contributed by atoms with Gasteiger partial charge in [0.25, 0.3) is 0 Å². The quantitative estimate of drug-likeness (QED) is 0.759. The summed E-state index contributed by atoms with van der Waals surface area (Å²) in [7, 11) is 0. The lowest BCUT2D eigenvalue weighted by atomic mass is 10.2. The van der Waals surface area contributed by atoms with Gasteiger partial charge in [-0.1, -0.05) is 0 Å². The molecule has 2 rings (SSSR count). The number of aryl methyl sites for hydroxylation is 1. The van der Waals surface area contributed by atoms with E-state index in [1.54, 1.807) is 12.1 Å². The Morgan fingerprint density at radius 1 is 1.25 bits per heavy atom. The zero-order valence-corrected chi connectivity index (χ0v) is 11.3. The van der Waals surface area contributed by atoms with Crippen LogP contribution in [0.5, 0.6) is 5.75 Å². The molecule has 0 radical (unpaired) electrons. The molecule has 106 valence electrons. The van der Waals surface area contributed by atoms with Gasteiger partial charge in [0.15, 0.2) is 0 Å². The molecule has 1 aromatic carbocycles. The fraction of sp³-hybridized carbons (Fsp3) is 0.267. The molecule has 0 fully saturated rings. The molecule has 1 aromatic heterocycles. The number of carboxylic acids is 1. The minimum absolute atomic E-state index is 0.253. The topological polar surface area (TPSA) is 71.7 Å². The summed E-state index contributed by atoms with van der Waals surface area (Å²) in [5.74, 6) is 1.52. The van der Waals surface area contributed by atoms with E-state index in [1.165, 1.54) is 12.1 Å². The van der Waals surface area contributed by atoms with Gasteiger partial charge in [0.1, 0.15) is 23.9 Å². The summed E-state index contributed by atoms with van der Waals surface area (Å²) in [4.78, 5) is 10.7. The van der Waals surface area contributed by atoms with Crippen molar-refractivity contribution in [2.45, 2.75) is 13.5 Å².